The van der Waals surface area contributed by atoms with Crippen LogP contribution in [0.3, 0.4) is 0 Å². The van der Waals surface area contributed by atoms with Gasteiger partial charge in [-0.2, -0.15) is 0 Å². The molecule has 1 unspecified atom stereocenters. The molecule has 0 radical (unpaired) electrons. The monoisotopic (exact) mass is 563 g/mol. The number of rotatable bonds is 4. The molecule has 1 aliphatic carbocycles. The van der Waals surface area contributed by atoms with E-state index in [0.717, 1.165) is 66.8 Å². The van der Waals surface area contributed by atoms with E-state index < -0.39 is 0 Å². The van der Waals surface area contributed by atoms with Crippen LogP contribution in [0.15, 0.2) is 166 Å². The summed E-state index contributed by atoms with van der Waals surface area (Å²) in [5.41, 5.74) is 16.2. The van der Waals surface area contributed by atoms with E-state index in [1.165, 1.54) is 10.8 Å². The van der Waals surface area contributed by atoms with Crippen LogP contribution in [-0.2, 0) is 0 Å². The van der Waals surface area contributed by atoms with E-state index in [-0.39, 0.29) is 6.17 Å². The number of nitrogens with zero attached hydrogens (tertiary/aromatic N) is 2. The van der Waals surface area contributed by atoms with Crippen molar-refractivity contribution in [1.29, 1.82) is 0 Å². The number of furan rings is 1. The molecule has 7 aromatic rings. The van der Waals surface area contributed by atoms with Gasteiger partial charge in [0.15, 0.2) is 0 Å². The summed E-state index contributed by atoms with van der Waals surface area (Å²) in [5.74, 6) is 0. The Hall–Kier alpha value is -6.05. The zero-order valence-electron chi connectivity index (χ0n) is 23.7. The van der Waals surface area contributed by atoms with Crippen LogP contribution < -0.4 is 5.32 Å². The quantitative estimate of drug-likeness (QED) is 0.217. The second kappa shape index (κ2) is 9.76. The van der Waals surface area contributed by atoms with Gasteiger partial charge in [-0.15, -0.1) is 0 Å². The van der Waals surface area contributed by atoms with Crippen LogP contribution in [0.1, 0.15) is 17.3 Å². The standard InChI is InChI=1S/C40H25N3O/c1-4-14-26(15-5-1)33-25-34(42-40(41-33)27-16-6-2-7-17-27)32-24-31-29-20-10-12-22-35(29)43(28-18-8-3-9-19-28)38(31)37-30-21-11-13-23-36(30)44-39(32)37/h2-4,6-25,40,42H. The summed E-state index contributed by atoms with van der Waals surface area (Å²) in [5, 5.41) is 8.31. The van der Waals surface area contributed by atoms with E-state index in [1.54, 1.807) is 0 Å². The molecule has 0 amide bonds. The molecular formula is C40H25N3O. The van der Waals surface area contributed by atoms with Crippen molar-refractivity contribution in [3.05, 3.63) is 168 Å². The van der Waals surface area contributed by atoms with Gasteiger partial charge in [0.2, 0.25) is 0 Å². The van der Waals surface area contributed by atoms with Crippen LogP contribution in [-0.4, -0.2) is 10.3 Å². The summed E-state index contributed by atoms with van der Waals surface area (Å²) >= 11 is 0. The fourth-order valence-corrected chi connectivity index (χ4v) is 6.53. The molecule has 9 rings (SSSR count). The van der Waals surface area contributed by atoms with Crippen molar-refractivity contribution >= 4 is 55.2 Å². The van der Waals surface area contributed by atoms with Crippen molar-refractivity contribution in [2.45, 2.75) is 6.17 Å². The number of para-hydroxylation sites is 3. The molecule has 0 fully saturated rings. The average molecular weight is 564 g/mol. The van der Waals surface area contributed by atoms with E-state index in [2.05, 4.69) is 131 Å². The van der Waals surface area contributed by atoms with Crippen molar-refractivity contribution in [2.24, 2.45) is 4.99 Å². The maximum atomic E-state index is 6.77. The van der Waals surface area contributed by atoms with Gasteiger partial charge < -0.3 is 14.3 Å². The number of benzene rings is 5. The fourth-order valence-electron chi connectivity index (χ4n) is 6.53. The Morgan fingerprint density at radius 3 is 2.32 bits per heavy atom. The Balaban J connectivity index is 1.38. The Labute approximate surface area is 253 Å². The van der Waals surface area contributed by atoms with E-state index in [9.17, 15) is 0 Å². The smallest absolute Gasteiger partial charge is 0.146 e. The summed E-state index contributed by atoms with van der Waals surface area (Å²) in [7, 11) is 0. The van der Waals surface area contributed by atoms with Gasteiger partial charge in [-0.3, -0.25) is 4.99 Å². The first kappa shape index (κ1) is 24.5. The Morgan fingerprint density at radius 1 is 0.750 bits per heavy atom. The molecule has 1 N–H and O–H groups in total. The molecule has 2 aliphatic rings. The molecule has 0 saturated carbocycles. The summed E-state index contributed by atoms with van der Waals surface area (Å²) < 4.78 is 9.14. The predicted octanol–water partition coefficient (Wildman–Crippen LogP) is 9.57. The highest BCUT2D eigenvalue weighted by atomic mass is 16.3. The third-order valence-electron chi connectivity index (χ3n) is 8.49. The molecule has 4 nitrogen and oxygen atoms in total. The Morgan fingerprint density at radius 2 is 1.50 bits per heavy atom. The van der Waals surface area contributed by atoms with Crippen LogP contribution in [0.4, 0.5) is 0 Å². The van der Waals surface area contributed by atoms with Crippen molar-refractivity contribution in [3.8, 4) is 5.69 Å². The second-order valence-electron chi connectivity index (χ2n) is 11.1. The van der Waals surface area contributed by atoms with E-state index >= 15 is 0 Å². The van der Waals surface area contributed by atoms with Gasteiger partial charge in [0.25, 0.3) is 0 Å². The van der Waals surface area contributed by atoms with E-state index in [0.29, 0.717) is 0 Å². The molecule has 2 aromatic heterocycles. The van der Waals surface area contributed by atoms with Crippen LogP contribution in [0.2, 0.25) is 0 Å². The first-order valence-corrected chi connectivity index (χ1v) is 14.8. The first-order valence-electron chi connectivity index (χ1n) is 14.8. The Kier molecular flexibility index (Phi) is 5.44. The molecule has 3 heterocycles. The normalized spacial score (nSPS) is 16.0. The summed E-state index contributed by atoms with van der Waals surface area (Å²) in [6, 6.07) is 40.2. The van der Waals surface area contributed by atoms with Crippen LogP contribution >= 0.6 is 0 Å². The second-order valence-corrected chi connectivity index (χ2v) is 11.1. The number of hydrogen-bond donors (Lipinski definition) is 1. The van der Waals surface area contributed by atoms with Crippen molar-refractivity contribution < 1.29 is 4.42 Å². The average Bonchev–Trinajstić information content (AvgIpc) is 3.65. The van der Waals surface area contributed by atoms with Gasteiger partial charge in [-0.05, 0) is 60.2 Å². The topological polar surface area (TPSA) is 42.5 Å². The van der Waals surface area contributed by atoms with Gasteiger partial charge in [0, 0.05) is 38.7 Å². The molecule has 1 atom stereocenters. The molecule has 1 aliphatic heterocycles. The van der Waals surface area contributed by atoms with Crippen LogP contribution in [0, 0.1) is 0 Å². The number of fused-ring (bicyclic) bond motifs is 7. The number of aliphatic imine (C=N–C) groups is 1. The van der Waals surface area contributed by atoms with Gasteiger partial charge in [-0.1, -0.05) is 96.4 Å². The van der Waals surface area contributed by atoms with Gasteiger partial charge in [0.05, 0.1) is 22.1 Å². The third-order valence-corrected chi connectivity index (χ3v) is 8.49. The van der Waals surface area contributed by atoms with Gasteiger partial charge in [-0.25, -0.2) is 0 Å². The lowest BCUT2D eigenvalue weighted by molar-refractivity contribution is 0.653. The molecule has 44 heavy (non-hydrogen) atoms. The molecular weight excluding hydrogens is 538 g/mol. The Bertz CT molecular complexity index is 2480. The molecule has 0 bridgehead atoms. The van der Waals surface area contributed by atoms with Crippen molar-refractivity contribution in [3.63, 3.8) is 0 Å². The zero-order chi connectivity index (χ0) is 29.0. The van der Waals surface area contributed by atoms with Crippen molar-refractivity contribution in [1.82, 2.24) is 9.88 Å². The van der Waals surface area contributed by atoms with E-state index in [4.69, 9.17) is 9.41 Å². The molecule has 0 spiro atoms. The maximum Gasteiger partial charge on any atom is 0.146 e. The third kappa shape index (κ3) is 3.77. The SMILES string of the molecule is C1=C=CC(C2=NC(c3ccccc3)NC(c3cc4c5ccccc5n(-c5ccccc5)c4c4c3oc3ccccc34)=C2)=CC=1. The van der Waals surface area contributed by atoms with Crippen LogP contribution in [0.5, 0.6) is 0 Å². The van der Waals surface area contributed by atoms with Crippen LogP contribution in [0.25, 0.3) is 55.1 Å². The number of hydrogen-bond acceptors (Lipinski definition) is 3. The zero-order valence-corrected chi connectivity index (χ0v) is 23.7. The van der Waals surface area contributed by atoms with Crippen molar-refractivity contribution in [2.75, 3.05) is 0 Å². The lowest BCUT2D eigenvalue weighted by atomic mass is 9.97. The maximum absolute atomic E-state index is 6.77. The summed E-state index contributed by atoms with van der Waals surface area (Å²) in [6.07, 6.45) is 7.72. The van der Waals surface area contributed by atoms with Gasteiger partial charge in [0.1, 0.15) is 17.3 Å². The number of allylic oxidation sites excluding steroid dienone is 5. The highest BCUT2D eigenvalue weighted by molar-refractivity contribution is 6.27. The minimum Gasteiger partial charge on any atom is -0.455 e. The number of nitrogens with one attached hydrogen (secondary N) is 1. The van der Waals surface area contributed by atoms with E-state index in [1.807, 2.05) is 30.4 Å². The molecule has 206 valence electrons. The minimum atomic E-state index is -0.267. The molecule has 4 heteroatoms. The highest BCUT2D eigenvalue weighted by Gasteiger charge is 2.26. The molecule has 5 aromatic carbocycles. The summed E-state index contributed by atoms with van der Waals surface area (Å²) in [6.45, 7) is 0. The predicted molar refractivity (Wildman–Crippen MR) is 180 cm³/mol. The lowest BCUT2D eigenvalue weighted by Gasteiger charge is -2.25. The number of aromatic nitrogens is 1. The fraction of sp³-hybridized carbons (Fsp3) is 0.0250. The molecule has 0 saturated heterocycles. The largest absolute Gasteiger partial charge is 0.455 e. The first-order chi connectivity index (χ1) is 21.8. The highest BCUT2D eigenvalue weighted by Crippen LogP contribution is 2.44. The minimum absolute atomic E-state index is 0.267. The summed E-state index contributed by atoms with van der Waals surface area (Å²) in [4.78, 5) is 5.14. The lowest BCUT2D eigenvalue weighted by Crippen LogP contribution is -2.25. The van der Waals surface area contributed by atoms with Gasteiger partial charge >= 0.3 is 0 Å².